The summed E-state index contributed by atoms with van der Waals surface area (Å²) >= 11 is 0. The number of nitrogens with two attached hydrogens (primary N) is 1. The molecule has 2 saturated heterocycles. The van der Waals surface area contributed by atoms with Crippen molar-refractivity contribution in [3.63, 3.8) is 0 Å². The largest absolute Gasteiger partial charge is 0.503 e. The zero-order chi connectivity index (χ0) is 38.0. The fraction of sp³-hybridized carbons (Fsp3) is 0.378. The molecular formula is C37H44F3N9O4. The van der Waals surface area contributed by atoms with Gasteiger partial charge in [0.2, 0.25) is 0 Å². The van der Waals surface area contributed by atoms with Crippen molar-refractivity contribution in [2.24, 2.45) is 10.7 Å². The molecule has 1 unspecified atom stereocenters. The molecule has 0 spiro atoms. The summed E-state index contributed by atoms with van der Waals surface area (Å²) in [4.78, 5) is 46.2. The van der Waals surface area contributed by atoms with Gasteiger partial charge >= 0.3 is 6.30 Å². The van der Waals surface area contributed by atoms with Gasteiger partial charge in [0.1, 0.15) is 11.9 Å². The van der Waals surface area contributed by atoms with Crippen LogP contribution < -0.4 is 21.3 Å². The van der Waals surface area contributed by atoms with E-state index in [1.165, 1.54) is 4.90 Å². The van der Waals surface area contributed by atoms with Gasteiger partial charge in [-0.3, -0.25) is 29.1 Å². The number of piperazine rings is 1. The first-order valence-corrected chi connectivity index (χ1v) is 17.3. The van der Waals surface area contributed by atoms with Gasteiger partial charge in [-0.15, -0.1) is 13.2 Å². The molecule has 3 amide bonds. The third kappa shape index (κ3) is 10.4. The number of ether oxygens (including phenoxy) is 1. The third-order valence-electron chi connectivity index (χ3n) is 9.03. The Hall–Kier alpha value is -5.32. The summed E-state index contributed by atoms with van der Waals surface area (Å²) in [6.07, 6.45) is 0.0669. The molecule has 0 bridgehead atoms. The topological polar surface area (TPSA) is 150 Å². The lowest BCUT2D eigenvalue weighted by atomic mass is 10.0. The number of aliphatic imine (C=N–C) groups is 1. The Kier molecular flexibility index (Phi) is 13.2. The van der Waals surface area contributed by atoms with E-state index >= 15 is 0 Å². The van der Waals surface area contributed by atoms with Crippen molar-refractivity contribution in [3.8, 4) is 5.69 Å². The minimum Gasteiger partial charge on any atom is -0.394 e. The molecule has 0 aliphatic carbocycles. The van der Waals surface area contributed by atoms with E-state index in [9.17, 15) is 27.6 Å². The second-order valence-corrected chi connectivity index (χ2v) is 12.6. The monoisotopic (exact) mass is 735 g/mol. The Bertz CT molecular complexity index is 1800. The number of alkyl halides is 3. The minimum atomic E-state index is -4.76. The van der Waals surface area contributed by atoms with E-state index in [-0.39, 0.29) is 18.2 Å². The number of aromatic nitrogens is 2. The van der Waals surface area contributed by atoms with Crippen molar-refractivity contribution < 1.29 is 32.3 Å². The first-order valence-electron chi connectivity index (χ1n) is 17.3. The van der Waals surface area contributed by atoms with Crippen LogP contribution in [0.1, 0.15) is 19.4 Å². The predicted octanol–water partition coefficient (Wildman–Crippen LogP) is 3.29. The number of likely N-dealkylation sites (N-methyl/N-ethyl adjacent to an activating group) is 1. The van der Waals surface area contributed by atoms with Crippen LogP contribution in [0.2, 0.25) is 0 Å². The molecule has 6 rings (SSSR count). The number of carbonyl (C=O) groups excluding carboxylic acids is 3. The van der Waals surface area contributed by atoms with Gasteiger partial charge in [0.15, 0.2) is 0 Å². The van der Waals surface area contributed by atoms with Gasteiger partial charge in [0.05, 0.1) is 36.8 Å². The molecule has 53 heavy (non-hydrogen) atoms. The van der Waals surface area contributed by atoms with Crippen molar-refractivity contribution >= 4 is 35.4 Å². The Balaban J connectivity index is 0.000000211. The van der Waals surface area contributed by atoms with Crippen LogP contribution in [0, 0.1) is 0 Å². The van der Waals surface area contributed by atoms with Gasteiger partial charge in [-0.2, -0.15) is 10.1 Å². The zero-order valence-corrected chi connectivity index (χ0v) is 29.6. The standard InChI is InChI=1S/C19H19F3N6O2.C18H25N3O2/c1-2-27-17-12(11-25-28(17)13-6-4-3-5-7-13)10-15(18(27)30)26-16(29)14(23)8-9-24-19(20,21)22;1-2-15(18(22)19-16-6-4-3-5-7-16)12-20-8-10-21(11-9-20)17-13-23-14-17/h3-9,11,15H,2,10,23H2,1H3,(H,26,29);2-7,17H,8-14H2,1H3,(H,19,22)/b14-8-,24-9+;15-2+. The second-order valence-electron chi connectivity index (χ2n) is 12.6. The summed E-state index contributed by atoms with van der Waals surface area (Å²) in [6, 6.07) is 18.6. The molecule has 0 saturated carbocycles. The Morgan fingerprint density at radius 2 is 1.68 bits per heavy atom. The molecule has 282 valence electrons. The smallest absolute Gasteiger partial charge is 0.394 e. The van der Waals surface area contributed by atoms with Crippen molar-refractivity contribution in [1.29, 1.82) is 0 Å². The summed E-state index contributed by atoms with van der Waals surface area (Å²) in [6.45, 7) is 10.6. The summed E-state index contributed by atoms with van der Waals surface area (Å²) < 4.78 is 43.1. The first-order chi connectivity index (χ1) is 25.5. The number of halogens is 3. The number of hydrogen-bond donors (Lipinski definition) is 3. The Labute approximate surface area is 305 Å². The fourth-order valence-corrected chi connectivity index (χ4v) is 6.09. The Morgan fingerprint density at radius 3 is 2.26 bits per heavy atom. The van der Waals surface area contributed by atoms with Crippen LogP contribution in [0.5, 0.6) is 0 Å². The number of hydrogen-bond acceptors (Lipinski definition) is 9. The fourth-order valence-electron chi connectivity index (χ4n) is 6.09. The van der Waals surface area contributed by atoms with Crippen LogP contribution in [0.25, 0.3) is 5.69 Å². The molecule has 0 radical (unpaired) electrons. The summed E-state index contributed by atoms with van der Waals surface area (Å²) in [5.74, 6) is -0.627. The van der Waals surface area contributed by atoms with E-state index in [1.807, 2.05) is 73.7 Å². The molecule has 4 N–H and O–H groups in total. The highest BCUT2D eigenvalue weighted by molar-refractivity contribution is 6.05. The number of nitrogens with zero attached hydrogens (tertiary/aromatic N) is 6. The molecule has 3 aromatic rings. The molecule has 16 heteroatoms. The SMILES string of the molecule is C/C=C(\CN1CCN(C2COC2)CC1)C(=O)Nc1ccccc1.CCN1C(=O)C(NC(=O)/C(N)=C/C=N/C(F)(F)F)Cc2cnn(-c3ccccc3)c21. The number of benzene rings is 2. The summed E-state index contributed by atoms with van der Waals surface area (Å²) in [5.41, 5.74) is 8.20. The molecule has 2 fully saturated rings. The van der Waals surface area contributed by atoms with Gasteiger partial charge < -0.3 is 21.1 Å². The lowest BCUT2D eigenvalue weighted by Gasteiger charge is -2.42. The highest BCUT2D eigenvalue weighted by Crippen LogP contribution is 2.30. The number of amides is 3. The van der Waals surface area contributed by atoms with Crippen LogP contribution in [0.4, 0.5) is 24.7 Å². The molecule has 13 nitrogen and oxygen atoms in total. The number of fused-ring (bicyclic) bond motifs is 1. The van der Waals surface area contributed by atoms with E-state index in [4.69, 9.17) is 10.5 Å². The van der Waals surface area contributed by atoms with E-state index in [0.29, 0.717) is 31.2 Å². The average Bonchev–Trinajstić information content (AvgIpc) is 3.54. The molecule has 2 aromatic carbocycles. The third-order valence-corrected chi connectivity index (χ3v) is 9.03. The van der Waals surface area contributed by atoms with E-state index in [1.54, 1.807) is 17.8 Å². The summed E-state index contributed by atoms with van der Waals surface area (Å²) in [7, 11) is 0. The Morgan fingerprint density at radius 1 is 1.02 bits per heavy atom. The minimum absolute atomic E-state index is 0.00600. The normalized spacial score (nSPS) is 18.9. The number of para-hydroxylation sites is 2. The second kappa shape index (κ2) is 17.9. The molecule has 1 aromatic heterocycles. The van der Waals surface area contributed by atoms with Crippen LogP contribution in [-0.4, -0.2) is 114 Å². The number of rotatable bonds is 10. The highest BCUT2D eigenvalue weighted by atomic mass is 19.4. The van der Waals surface area contributed by atoms with Crippen molar-refractivity contribution in [1.82, 2.24) is 24.9 Å². The number of nitrogens with one attached hydrogen (secondary N) is 2. The lowest BCUT2D eigenvalue weighted by Crippen LogP contribution is -2.56. The molecule has 1 atom stereocenters. The highest BCUT2D eigenvalue weighted by Gasteiger charge is 2.36. The van der Waals surface area contributed by atoms with Gasteiger partial charge in [0.25, 0.3) is 17.7 Å². The van der Waals surface area contributed by atoms with Crippen LogP contribution in [0.15, 0.2) is 95.3 Å². The zero-order valence-electron chi connectivity index (χ0n) is 29.6. The van der Waals surface area contributed by atoms with Crippen molar-refractivity contribution in [2.75, 3.05) is 62.7 Å². The van der Waals surface area contributed by atoms with E-state index < -0.39 is 23.9 Å². The molecule has 3 aliphatic heterocycles. The molecule has 4 heterocycles. The number of allylic oxidation sites excluding steroid dienone is 2. The van der Waals surface area contributed by atoms with Gasteiger partial charge in [-0.25, -0.2) is 4.68 Å². The maximum Gasteiger partial charge on any atom is 0.503 e. The van der Waals surface area contributed by atoms with Crippen molar-refractivity contribution in [3.05, 3.63) is 95.8 Å². The number of carbonyl (C=O) groups is 3. The number of anilines is 2. The average molecular weight is 736 g/mol. The lowest BCUT2D eigenvalue weighted by molar-refractivity contribution is -0.126. The van der Waals surface area contributed by atoms with E-state index in [2.05, 4.69) is 30.5 Å². The van der Waals surface area contributed by atoms with Crippen LogP contribution >= 0.6 is 0 Å². The maximum absolute atomic E-state index is 12.9. The first kappa shape index (κ1) is 38.9. The van der Waals surface area contributed by atoms with Crippen LogP contribution in [-0.2, 0) is 25.5 Å². The van der Waals surface area contributed by atoms with Crippen molar-refractivity contribution in [2.45, 2.75) is 38.7 Å². The molecular weight excluding hydrogens is 691 g/mol. The van der Waals surface area contributed by atoms with Crippen LogP contribution in [0.3, 0.4) is 0 Å². The quantitative estimate of drug-likeness (QED) is 0.163. The van der Waals surface area contributed by atoms with Gasteiger partial charge in [-0.1, -0.05) is 42.5 Å². The maximum atomic E-state index is 12.9. The molecule has 3 aliphatic rings. The van der Waals surface area contributed by atoms with Gasteiger partial charge in [-0.05, 0) is 44.2 Å². The van der Waals surface area contributed by atoms with Gasteiger partial charge in [0, 0.05) is 68.7 Å². The summed E-state index contributed by atoms with van der Waals surface area (Å²) in [5, 5.41) is 9.80. The predicted molar refractivity (Wildman–Crippen MR) is 195 cm³/mol. The van der Waals surface area contributed by atoms with E-state index in [0.717, 1.165) is 68.0 Å².